The van der Waals surface area contributed by atoms with E-state index in [0.717, 1.165) is 59.0 Å². The number of furan rings is 1. The molecule has 36 heavy (non-hydrogen) atoms. The Hall–Kier alpha value is -2.54. The van der Waals surface area contributed by atoms with Gasteiger partial charge >= 0.3 is 0 Å². The van der Waals surface area contributed by atoms with Crippen LogP contribution in [0.4, 0.5) is 0 Å². The molecular weight excluding hydrogens is 497 g/mol. The monoisotopic (exact) mass is 531 g/mol. The molecule has 1 aliphatic heterocycles. The molecular formula is C28H35Cl2N3O3. The van der Waals surface area contributed by atoms with Crippen molar-refractivity contribution in [3.8, 4) is 0 Å². The normalized spacial score (nSPS) is 17.9. The maximum atomic E-state index is 13.3. The van der Waals surface area contributed by atoms with E-state index in [1.807, 2.05) is 43.0 Å². The molecule has 0 aliphatic carbocycles. The van der Waals surface area contributed by atoms with Crippen molar-refractivity contribution in [1.29, 1.82) is 0 Å². The van der Waals surface area contributed by atoms with Gasteiger partial charge in [0.25, 0.3) is 0 Å². The topological polar surface area (TPSA) is 74.6 Å². The summed E-state index contributed by atoms with van der Waals surface area (Å²) in [6, 6.07) is 12.0. The molecule has 1 fully saturated rings. The van der Waals surface area contributed by atoms with Crippen molar-refractivity contribution in [2.75, 3.05) is 26.2 Å². The molecule has 1 saturated heterocycles. The lowest BCUT2D eigenvalue weighted by Crippen LogP contribution is -2.36. The zero-order valence-electron chi connectivity index (χ0n) is 20.9. The molecule has 0 saturated carbocycles. The molecule has 194 valence electrons. The lowest BCUT2D eigenvalue weighted by molar-refractivity contribution is -0.130. The Balaban J connectivity index is 0.00000361. The minimum Gasteiger partial charge on any atom is -0.464 e. The molecule has 6 nitrogen and oxygen atoms in total. The molecule has 0 spiro atoms. The van der Waals surface area contributed by atoms with Crippen LogP contribution in [-0.4, -0.2) is 42.9 Å². The van der Waals surface area contributed by atoms with Gasteiger partial charge in [0, 0.05) is 48.1 Å². The smallest absolute Gasteiger partial charge is 0.227 e. The van der Waals surface area contributed by atoms with Gasteiger partial charge in [-0.1, -0.05) is 41.9 Å². The largest absolute Gasteiger partial charge is 0.464 e. The number of amides is 2. The van der Waals surface area contributed by atoms with E-state index in [1.165, 1.54) is 0 Å². The number of fused-ring (bicyclic) bond motifs is 1. The molecule has 2 amide bonds. The Morgan fingerprint density at radius 3 is 2.64 bits per heavy atom. The van der Waals surface area contributed by atoms with Crippen LogP contribution >= 0.6 is 24.0 Å². The highest BCUT2D eigenvalue weighted by Crippen LogP contribution is 2.33. The van der Waals surface area contributed by atoms with E-state index in [2.05, 4.69) is 22.8 Å². The number of halogens is 2. The molecule has 0 radical (unpaired) electrons. The fourth-order valence-electron chi connectivity index (χ4n) is 4.83. The van der Waals surface area contributed by atoms with Gasteiger partial charge in [0.2, 0.25) is 11.8 Å². The van der Waals surface area contributed by atoms with E-state index in [0.29, 0.717) is 31.1 Å². The van der Waals surface area contributed by atoms with Crippen LogP contribution in [0, 0.1) is 13.8 Å². The quantitative estimate of drug-likeness (QED) is 0.466. The van der Waals surface area contributed by atoms with E-state index < -0.39 is 0 Å². The van der Waals surface area contributed by atoms with Crippen LogP contribution in [0.25, 0.3) is 11.0 Å². The average Bonchev–Trinajstić information content (AvgIpc) is 3.25. The van der Waals surface area contributed by atoms with Gasteiger partial charge in [-0.15, -0.1) is 12.4 Å². The van der Waals surface area contributed by atoms with Crippen LogP contribution in [0.5, 0.6) is 0 Å². The molecule has 1 atom stereocenters. The summed E-state index contributed by atoms with van der Waals surface area (Å²) in [6.45, 7) is 6.57. The molecule has 0 bridgehead atoms. The Kier molecular flexibility index (Phi) is 10.2. The number of hydrogen-bond donors (Lipinski definition) is 2. The van der Waals surface area contributed by atoms with Gasteiger partial charge in [0.15, 0.2) is 0 Å². The number of carbonyl (C=O) groups is 2. The van der Waals surface area contributed by atoms with E-state index >= 15 is 0 Å². The number of rotatable bonds is 3. The van der Waals surface area contributed by atoms with Crippen LogP contribution in [0.15, 0.2) is 47.1 Å². The molecule has 2 aromatic carbocycles. The van der Waals surface area contributed by atoms with Gasteiger partial charge in [-0.05, 0) is 62.4 Å². The van der Waals surface area contributed by atoms with Gasteiger partial charge in [0.05, 0.1) is 12.7 Å². The third-order valence-electron chi connectivity index (χ3n) is 6.75. The highest BCUT2D eigenvalue weighted by atomic mass is 35.5. The Labute approximate surface area is 224 Å². The summed E-state index contributed by atoms with van der Waals surface area (Å²) in [6.07, 6.45) is 4.90. The third-order valence-corrected chi connectivity index (χ3v) is 7.33. The fraction of sp³-hybridized carbons (Fsp3) is 0.429. The van der Waals surface area contributed by atoms with Crippen LogP contribution in [0.2, 0.25) is 5.02 Å². The second-order valence-electron chi connectivity index (χ2n) is 9.36. The maximum absolute atomic E-state index is 13.3. The van der Waals surface area contributed by atoms with Crippen molar-refractivity contribution in [3.05, 3.63) is 69.9 Å². The van der Waals surface area contributed by atoms with Gasteiger partial charge in [-0.3, -0.25) is 9.59 Å². The summed E-state index contributed by atoms with van der Waals surface area (Å²) in [5.74, 6) is 0.0936. The summed E-state index contributed by atoms with van der Waals surface area (Å²) in [5.41, 5.74) is 4.66. The number of aryl methyl sites for hydroxylation is 2. The Bertz CT molecular complexity index is 1180. The molecule has 2 N–H and O–H groups in total. The standard InChI is InChI=1S/C28H34ClN3O3.ClH/c1-19-15-24-27(20(2)28(19)29)22(18-35-24)16-26(34)32-13-7-6-11-30-23(21-9-4-3-5-10-21)17-25(33)31-12-8-14-32;/h3-5,9-10,15,18,23,30H,6-8,11-14,16-17H2,1-2H3,(H,31,33);1H. The van der Waals surface area contributed by atoms with Gasteiger partial charge in [-0.25, -0.2) is 0 Å². The summed E-state index contributed by atoms with van der Waals surface area (Å²) in [4.78, 5) is 27.8. The summed E-state index contributed by atoms with van der Waals surface area (Å²) in [5, 5.41) is 8.20. The Morgan fingerprint density at radius 1 is 1.11 bits per heavy atom. The average molecular weight is 533 g/mol. The van der Waals surface area contributed by atoms with Crippen LogP contribution in [0.1, 0.15) is 54.0 Å². The molecule has 2 heterocycles. The first kappa shape index (κ1) is 28.0. The SMILES string of the molecule is Cc1cc2occ(CC(=O)N3CCCCNC(c4ccccc4)CC(=O)NCCC3)c2c(C)c1Cl.Cl. The van der Waals surface area contributed by atoms with Gasteiger partial charge in [-0.2, -0.15) is 0 Å². The van der Waals surface area contributed by atoms with Crippen molar-refractivity contribution in [3.63, 3.8) is 0 Å². The number of carbonyl (C=O) groups excluding carboxylic acids is 2. The second-order valence-corrected chi connectivity index (χ2v) is 9.73. The minimum absolute atomic E-state index is 0. The first-order valence-electron chi connectivity index (χ1n) is 12.4. The van der Waals surface area contributed by atoms with Crippen molar-refractivity contribution in [2.45, 2.75) is 52.0 Å². The summed E-state index contributed by atoms with van der Waals surface area (Å²) in [7, 11) is 0. The predicted octanol–water partition coefficient (Wildman–Crippen LogP) is 5.52. The minimum atomic E-state index is -0.0113. The van der Waals surface area contributed by atoms with Gasteiger partial charge in [0.1, 0.15) is 5.58 Å². The zero-order chi connectivity index (χ0) is 24.8. The lowest BCUT2D eigenvalue weighted by atomic mass is 10.0. The van der Waals surface area contributed by atoms with Crippen molar-refractivity contribution >= 4 is 46.8 Å². The van der Waals surface area contributed by atoms with E-state index in [1.54, 1.807) is 6.26 Å². The predicted molar refractivity (Wildman–Crippen MR) is 147 cm³/mol. The zero-order valence-corrected chi connectivity index (χ0v) is 22.5. The van der Waals surface area contributed by atoms with E-state index in [9.17, 15) is 9.59 Å². The highest BCUT2D eigenvalue weighted by Gasteiger charge is 2.20. The molecule has 4 rings (SSSR count). The second kappa shape index (κ2) is 13.1. The maximum Gasteiger partial charge on any atom is 0.227 e. The Morgan fingerprint density at radius 2 is 1.86 bits per heavy atom. The molecule has 1 aliphatic rings. The first-order chi connectivity index (χ1) is 16.9. The summed E-state index contributed by atoms with van der Waals surface area (Å²) >= 11 is 6.47. The van der Waals surface area contributed by atoms with Crippen LogP contribution < -0.4 is 10.6 Å². The number of nitrogens with one attached hydrogen (secondary N) is 2. The van der Waals surface area contributed by atoms with E-state index in [-0.39, 0.29) is 36.7 Å². The third kappa shape index (κ3) is 6.81. The molecule has 3 aromatic rings. The van der Waals surface area contributed by atoms with Crippen molar-refractivity contribution in [2.24, 2.45) is 0 Å². The molecule has 1 aromatic heterocycles. The number of benzene rings is 2. The number of hydrogen-bond acceptors (Lipinski definition) is 4. The highest BCUT2D eigenvalue weighted by molar-refractivity contribution is 6.33. The molecule has 1 unspecified atom stereocenters. The van der Waals surface area contributed by atoms with E-state index in [4.69, 9.17) is 16.0 Å². The lowest BCUT2D eigenvalue weighted by Gasteiger charge is -2.23. The van der Waals surface area contributed by atoms with Crippen molar-refractivity contribution in [1.82, 2.24) is 15.5 Å². The molecule has 8 heteroatoms. The van der Waals surface area contributed by atoms with Crippen LogP contribution in [-0.2, 0) is 16.0 Å². The first-order valence-corrected chi connectivity index (χ1v) is 12.8. The summed E-state index contributed by atoms with van der Waals surface area (Å²) < 4.78 is 5.75. The van der Waals surface area contributed by atoms with Crippen LogP contribution in [0.3, 0.4) is 0 Å². The van der Waals surface area contributed by atoms with Crippen molar-refractivity contribution < 1.29 is 14.0 Å². The van der Waals surface area contributed by atoms with Gasteiger partial charge < -0.3 is 20.0 Å². The number of nitrogens with zero attached hydrogens (tertiary/aromatic N) is 1. The fourth-order valence-corrected chi connectivity index (χ4v) is 4.98.